The fourth-order valence-corrected chi connectivity index (χ4v) is 2.51. The first kappa shape index (κ1) is 20.2. The van der Waals surface area contributed by atoms with E-state index in [2.05, 4.69) is 5.32 Å². The van der Waals surface area contributed by atoms with Gasteiger partial charge in [0.15, 0.2) is 0 Å². The number of hydrogen-bond donors (Lipinski definition) is 4. The molecule has 9 nitrogen and oxygen atoms in total. The van der Waals surface area contributed by atoms with Gasteiger partial charge in [-0.3, -0.25) is 14.8 Å². The number of nitrogens with one attached hydrogen (secondary N) is 2. The molecule has 0 radical (unpaired) electrons. The maximum atomic E-state index is 12.7. The van der Waals surface area contributed by atoms with Gasteiger partial charge in [-0.2, -0.15) is 0 Å². The number of β-amino-alcohol motifs (C(OH)–C–C–N with tert-alkyl or cyclic N) is 1. The molecule has 1 rings (SSSR count). The first-order chi connectivity index (χ1) is 11.0. The molecule has 1 fully saturated rings. The standard InChI is InChI=1S/C15H27N3O6/c1-8(2)11(16-14(22)24-15(3,4)5)13(21)18-7-9(19)6-10(18)12(20)17-23/h8-11,19,23H,6-7H2,1-5H3,(H,16,22)(H,17,20)/t9-,10+,11+/m1/s1. The molecule has 0 unspecified atom stereocenters. The molecule has 0 spiro atoms. The summed E-state index contributed by atoms with van der Waals surface area (Å²) in [5.41, 5.74) is 0.786. The Balaban J connectivity index is 2.89. The zero-order chi connectivity index (χ0) is 18.7. The number of amides is 3. The maximum Gasteiger partial charge on any atom is 0.408 e. The molecule has 9 heteroatoms. The van der Waals surface area contributed by atoms with E-state index < -0.39 is 41.7 Å². The summed E-state index contributed by atoms with van der Waals surface area (Å²) in [4.78, 5) is 37.6. The van der Waals surface area contributed by atoms with Gasteiger partial charge in [0.25, 0.3) is 5.91 Å². The van der Waals surface area contributed by atoms with Crippen molar-refractivity contribution in [1.82, 2.24) is 15.7 Å². The highest BCUT2D eigenvalue weighted by Gasteiger charge is 2.42. The van der Waals surface area contributed by atoms with Crippen molar-refractivity contribution in [2.24, 2.45) is 5.92 Å². The van der Waals surface area contributed by atoms with Crippen molar-refractivity contribution >= 4 is 17.9 Å². The zero-order valence-corrected chi connectivity index (χ0v) is 14.7. The van der Waals surface area contributed by atoms with E-state index in [9.17, 15) is 19.5 Å². The van der Waals surface area contributed by atoms with Gasteiger partial charge in [0, 0.05) is 13.0 Å². The molecule has 0 bridgehead atoms. The molecule has 1 aliphatic heterocycles. The van der Waals surface area contributed by atoms with Crippen LogP contribution in [0.3, 0.4) is 0 Å². The lowest BCUT2D eigenvalue weighted by Crippen LogP contribution is -2.55. The number of carbonyl (C=O) groups is 3. The number of hydroxylamine groups is 1. The minimum Gasteiger partial charge on any atom is -0.444 e. The number of aliphatic hydroxyl groups excluding tert-OH is 1. The second-order valence-electron chi connectivity index (χ2n) is 7.24. The van der Waals surface area contributed by atoms with Crippen molar-refractivity contribution in [3.8, 4) is 0 Å². The van der Waals surface area contributed by atoms with Crippen LogP contribution in [-0.2, 0) is 14.3 Å². The molecule has 1 aliphatic rings. The van der Waals surface area contributed by atoms with Gasteiger partial charge in [0.1, 0.15) is 17.7 Å². The average molecular weight is 345 g/mol. The predicted molar refractivity (Wildman–Crippen MR) is 84.0 cm³/mol. The highest BCUT2D eigenvalue weighted by atomic mass is 16.6. The first-order valence-corrected chi connectivity index (χ1v) is 7.88. The Kier molecular flexibility index (Phi) is 6.56. The summed E-state index contributed by atoms with van der Waals surface area (Å²) >= 11 is 0. The third-order valence-corrected chi connectivity index (χ3v) is 3.58. The van der Waals surface area contributed by atoms with Gasteiger partial charge in [-0.25, -0.2) is 10.3 Å². The summed E-state index contributed by atoms with van der Waals surface area (Å²) in [6.45, 7) is 8.56. The van der Waals surface area contributed by atoms with E-state index in [4.69, 9.17) is 9.94 Å². The van der Waals surface area contributed by atoms with Gasteiger partial charge in [0.2, 0.25) is 5.91 Å². The highest BCUT2D eigenvalue weighted by Crippen LogP contribution is 2.21. The summed E-state index contributed by atoms with van der Waals surface area (Å²) in [6, 6.07) is -1.90. The minimum atomic E-state index is -0.987. The molecule has 3 atom stereocenters. The van der Waals surface area contributed by atoms with Crippen LogP contribution in [0.25, 0.3) is 0 Å². The SMILES string of the molecule is CC(C)[C@H](NC(=O)OC(C)(C)C)C(=O)N1C[C@H](O)C[C@H]1C(=O)NO. The Labute approximate surface area is 141 Å². The number of hydrogen-bond acceptors (Lipinski definition) is 6. The van der Waals surface area contributed by atoms with Crippen molar-refractivity contribution in [2.45, 2.75) is 64.8 Å². The smallest absolute Gasteiger partial charge is 0.408 e. The van der Waals surface area contributed by atoms with Crippen molar-refractivity contribution in [1.29, 1.82) is 0 Å². The molecule has 0 aromatic rings. The molecular formula is C15H27N3O6. The predicted octanol–water partition coefficient (Wildman–Crippen LogP) is 0.00290. The van der Waals surface area contributed by atoms with Gasteiger partial charge in [-0.05, 0) is 26.7 Å². The van der Waals surface area contributed by atoms with Gasteiger partial charge in [-0.15, -0.1) is 0 Å². The van der Waals surface area contributed by atoms with Crippen LogP contribution < -0.4 is 10.8 Å². The van der Waals surface area contributed by atoms with Crippen molar-refractivity contribution in [3.63, 3.8) is 0 Å². The number of carbonyl (C=O) groups excluding carboxylic acids is 3. The lowest BCUT2D eigenvalue weighted by molar-refractivity contribution is -0.144. The third-order valence-electron chi connectivity index (χ3n) is 3.58. The van der Waals surface area contributed by atoms with E-state index in [1.165, 1.54) is 5.48 Å². The lowest BCUT2D eigenvalue weighted by Gasteiger charge is -2.30. The summed E-state index contributed by atoms with van der Waals surface area (Å²) in [6.07, 6.45) is -1.59. The summed E-state index contributed by atoms with van der Waals surface area (Å²) in [5.74, 6) is -1.55. The van der Waals surface area contributed by atoms with Crippen molar-refractivity contribution in [3.05, 3.63) is 0 Å². The van der Waals surface area contributed by atoms with Crippen molar-refractivity contribution < 1.29 is 29.4 Å². The van der Waals surface area contributed by atoms with Crippen LogP contribution in [0.15, 0.2) is 0 Å². The molecule has 1 saturated heterocycles. The second kappa shape index (κ2) is 7.80. The van der Waals surface area contributed by atoms with Crippen LogP contribution in [0.4, 0.5) is 4.79 Å². The van der Waals surface area contributed by atoms with E-state index in [1.807, 2.05) is 0 Å². The van der Waals surface area contributed by atoms with Crippen LogP contribution >= 0.6 is 0 Å². The topological polar surface area (TPSA) is 128 Å². The molecule has 0 aliphatic carbocycles. The fourth-order valence-electron chi connectivity index (χ4n) is 2.51. The molecule has 0 aromatic carbocycles. The monoisotopic (exact) mass is 345 g/mol. The Morgan fingerprint density at radius 3 is 2.29 bits per heavy atom. The van der Waals surface area contributed by atoms with Crippen LogP contribution in [0.5, 0.6) is 0 Å². The second-order valence-corrected chi connectivity index (χ2v) is 7.24. The fraction of sp³-hybridized carbons (Fsp3) is 0.800. The largest absolute Gasteiger partial charge is 0.444 e. The summed E-state index contributed by atoms with van der Waals surface area (Å²) in [5, 5.41) is 21.1. The molecular weight excluding hydrogens is 318 g/mol. The van der Waals surface area contributed by atoms with Gasteiger partial charge >= 0.3 is 6.09 Å². The van der Waals surface area contributed by atoms with Crippen LogP contribution in [0.1, 0.15) is 41.0 Å². The molecule has 1 heterocycles. The van der Waals surface area contributed by atoms with Gasteiger partial charge in [-0.1, -0.05) is 13.8 Å². The van der Waals surface area contributed by atoms with E-state index in [1.54, 1.807) is 34.6 Å². The minimum absolute atomic E-state index is 0.0232. The Hall–Kier alpha value is -1.87. The van der Waals surface area contributed by atoms with E-state index in [0.29, 0.717) is 0 Å². The van der Waals surface area contributed by atoms with Crippen LogP contribution in [0.2, 0.25) is 0 Å². The summed E-state index contributed by atoms with van der Waals surface area (Å²) < 4.78 is 5.16. The van der Waals surface area contributed by atoms with Crippen LogP contribution in [0, 0.1) is 5.92 Å². The number of rotatable bonds is 4. The third kappa shape index (κ3) is 5.34. The first-order valence-electron chi connectivity index (χ1n) is 7.88. The lowest BCUT2D eigenvalue weighted by atomic mass is 10.0. The van der Waals surface area contributed by atoms with Gasteiger partial charge < -0.3 is 20.1 Å². The normalized spacial score (nSPS) is 22.2. The van der Waals surface area contributed by atoms with Crippen LogP contribution in [-0.4, -0.2) is 63.5 Å². The average Bonchev–Trinajstić information content (AvgIpc) is 2.83. The molecule has 0 saturated carbocycles. The molecule has 3 amide bonds. The quantitative estimate of drug-likeness (QED) is 0.419. The Bertz CT molecular complexity index is 488. The maximum absolute atomic E-state index is 12.7. The number of likely N-dealkylation sites (tertiary alicyclic amines) is 1. The molecule has 0 aromatic heterocycles. The number of nitrogens with zero attached hydrogens (tertiary/aromatic N) is 1. The Morgan fingerprint density at radius 1 is 1.25 bits per heavy atom. The molecule has 4 N–H and O–H groups in total. The molecule has 24 heavy (non-hydrogen) atoms. The van der Waals surface area contributed by atoms with Crippen molar-refractivity contribution in [2.75, 3.05) is 6.54 Å². The van der Waals surface area contributed by atoms with Gasteiger partial charge in [0.05, 0.1) is 6.10 Å². The highest BCUT2D eigenvalue weighted by molar-refractivity contribution is 5.91. The van der Waals surface area contributed by atoms with E-state index in [-0.39, 0.29) is 18.9 Å². The Morgan fingerprint density at radius 2 is 1.83 bits per heavy atom. The summed E-state index contributed by atoms with van der Waals surface area (Å²) in [7, 11) is 0. The van der Waals surface area contributed by atoms with E-state index in [0.717, 1.165) is 4.90 Å². The molecule has 138 valence electrons. The van der Waals surface area contributed by atoms with E-state index >= 15 is 0 Å². The number of aliphatic hydroxyl groups is 1. The number of ether oxygens (including phenoxy) is 1. The zero-order valence-electron chi connectivity index (χ0n) is 14.7. The number of alkyl carbamates (subject to hydrolysis) is 1.